The molecule has 122 valence electrons. The highest BCUT2D eigenvalue weighted by molar-refractivity contribution is 7.73. The maximum absolute atomic E-state index is 12.4. The van der Waals surface area contributed by atoms with Crippen LogP contribution < -0.4 is 11.1 Å². The summed E-state index contributed by atoms with van der Waals surface area (Å²) in [6, 6.07) is 19.4. The standard InChI is InChI=1S/C18H17N3OS2/c19-16-15(17(22)20-14-9-5-2-6-10-14)24-18(23)21(16)12-11-13-7-3-1-4-8-13/h1-10H,11-12,19H2,(H,20,22). The Morgan fingerprint density at radius 1 is 1.08 bits per heavy atom. The number of nitrogens with one attached hydrogen (secondary N) is 1. The summed E-state index contributed by atoms with van der Waals surface area (Å²) in [5.74, 6) is 0.197. The van der Waals surface area contributed by atoms with E-state index in [1.165, 1.54) is 16.9 Å². The number of hydrogen-bond acceptors (Lipinski definition) is 4. The Kier molecular flexibility index (Phi) is 5.08. The second-order valence-corrected chi connectivity index (χ2v) is 6.93. The van der Waals surface area contributed by atoms with Crippen molar-refractivity contribution in [2.75, 3.05) is 11.1 Å². The number of carbonyl (C=O) groups is 1. The number of carbonyl (C=O) groups excluding carboxylic acids is 1. The van der Waals surface area contributed by atoms with E-state index in [0.29, 0.717) is 21.2 Å². The summed E-state index contributed by atoms with van der Waals surface area (Å²) in [7, 11) is 0. The molecule has 0 aliphatic rings. The molecule has 0 saturated heterocycles. The van der Waals surface area contributed by atoms with E-state index in [1.807, 2.05) is 53.1 Å². The maximum Gasteiger partial charge on any atom is 0.269 e. The van der Waals surface area contributed by atoms with Gasteiger partial charge in [0.1, 0.15) is 10.7 Å². The number of aryl methyl sites for hydroxylation is 1. The third-order valence-corrected chi connectivity index (χ3v) is 5.10. The van der Waals surface area contributed by atoms with Crippen molar-refractivity contribution in [3.63, 3.8) is 0 Å². The molecule has 0 radical (unpaired) electrons. The van der Waals surface area contributed by atoms with Crippen LogP contribution in [0.25, 0.3) is 0 Å². The SMILES string of the molecule is Nc1c(C(=O)Nc2ccccc2)sc(=S)n1CCc1ccccc1. The summed E-state index contributed by atoms with van der Waals surface area (Å²) < 4.78 is 2.44. The van der Waals surface area contributed by atoms with Gasteiger partial charge in [0.15, 0.2) is 3.95 Å². The first-order chi connectivity index (χ1) is 11.6. The number of amides is 1. The van der Waals surface area contributed by atoms with Gasteiger partial charge in [-0.1, -0.05) is 59.9 Å². The molecule has 3 N–H and O–H groups in total. The molecule has 1 aromatic heterocycles. The van der Waals surface area contributed by atoms with Crippen LogP contribution in [0.3, 0.4) is 0 Å². The number of nitrogens with two attached hydrogens (primary N) is 1. The molecule has 0 spiro atoms. The van der Waals surface area contributed by atoms with Crippen LogP contribution in [-0.2, 0) is 13.0 Å². The van der Waals surface area contributed by atoms with E-state index < -0.39 is 0 Å². The Morgan fingerprint density at radius 2 is 1.71 bits per heavy atom. The number of para-hydroxylation sites is 1. The fourth-order valence-electron chi connectivity index (χ4n) is 2.38. The lowest BCUT2D eigenvalue weighted by Gasteiger charge is -2.07. The van der Waals surface area contributed by atoms with Crippen molar-refractivity contribution in [2.45, 2.75) is 13.0 Å². The van der Waals surface area contributed by atoms with Crippen molar-refractivity contribution < 1.29 is 4.79 Å². The molecule has 0 saturated carbocycles. The molecule has 0 atom stereocenters. The highest BCUT2D eigenvalue weighted by Gasteiger charge is 2.17. The number of rotatable bonds is 5. The Labute approximate surface area is 149 Å². The first-order valence-electron chi connectivity index (χ1n) is 7.54. The molecule has 0 aliphatic heterocycles. The van der Waals surface area contributed by atoms with Gasteiger partial charge in [-0.25, -0.2) is 0 Å². The van der Waals surface area contributed by atoms with Crippen LogP contribution in [0.15, 0.2) is 60.7 Å². The lowest BCUT2D eigenvalue weighted by atomic mass is 10.1. The third kappa shape index (κ3) is 3.72. The van der Waals surface area contributed by atoms with E-state index in [0.717, 1.165) is 12.1 Å². The number of aromatic nitrogens is 1. The first-order valence-corrected chi connectivity index (χ1v) is 8.77. The molecule has 0 bridgehead atoms. The van der Waals surface area contributed by atoms with Gasteiger partial charge in [0, 0.05) is 12.2 Å². The lowest BCUT2D eigenvalue weighted by molar-refractivity contribution is 0.103. The number of nitrogens with zero attached hydrogens (tertiary/aromatic N) is 1. The van der Waals surface area contributed by atoms with Crippen molar-refractivity contribution in [3.05, 3.63) is 75.1 Å². The molecule has 0 fully saturated rings. The quantitative estimate of drug-likeness (QED) is 0.669. The van der Waals surface area contributed by atoms with Gasteiger partial charge < -0.3 is 15.6 Å². The highest BCUT2D eigenvalue weighted by Crippen LogP contribution is 2.24. The molecule has 1 amide bonds. The van der Waals surface area contributed by atoms with Gasteiger partial charge in [0.05, 0.1) is 0 Å². The minimum absolute atomic E-state index is 0.228. The number of thiazole rings is 1. The topological polar surface area (TPSA) is 60.1 Å². The largest absolute Gasteiger partial charge is 0.384 e. The van der Waals surface area contributed by atoms with Crippen LogP contribution in [0.1, 0.15) is 15.2 Å². The number of anilines is 2. The van der Waals surface area contributed by atoms with Crippen molar-refractivity contribution in [1.29, 1.82) is 0 Å². The zero-order valence-corrected chi connectivity index (χ0v) is 14.6. The van der Waals surface area contributed by atoms with Gasteiger partial charge in [0.25, 0.3) is 5.91 Å². The van der Waals surface area contributed by atoms with E-state index in [1.54, 1.807) is 0 Å². The monoisotopic (exact) mass is 355 g/mol. The molecule has 3 rings (SSSR count). The zero-order chi connectivity index (χ0) is 16.9. The molecule has 0 unspecified atom stereocenters. The Bertz CT molecular complexity index is 886. The van der Waals surface area contributed by atoms with E-state index in [2.05, 4.69) is 17.4 Å². The summed E-state index contributed by atoms with van der Waals surface area (Å²) >= 11 is 6.63. The fraction of sp³-hybridized carbons (Fsp3) is 0.111. The molecular weight excluding hydrogens is 338 g/mol. The summed E-state index contributed by atoms with van der Waals surface area (Å²) in [4.78, 5) is 12.9. The van der Waals surface area contributed by atoms with Gasteiger partial charge in [-0.2, -0.15) is 0 Å². The van der Waals surface area contributed by atoms with Crippen molar-refractivity contribution in [3.8, 4) is 0 Å². The maximum atomic E-state index is 12.4. The summed E-state index contributed by atoms with van der Waals surface area (Å²) in [6.07, 6.45) is 0.815. The molecular formula is C18H17N3OS2. The van der Waals surface area contributed by atoms with E-state index >= 15 is 0 Å². The van der Waals surface area contributed by atoms with Crippen LogP contribution in [0, 0.1) is 3.95 Å². The lowest BCUT2D eigenvalue weighted by Crippen LogP contribution is -2.14. The Morgan fingerprint density at radius 3 is 2.38 bits per heavy atom. The minimum atomic E-state index is -0.228. The molecule has 3 aromatic rings. The zero-order valence-electron chi connectivity index (χ0n) is 12.9. The summed E-state index contributed by atoms with van der Waals surface area (Å²) in [5.41, 5.74) is 8.11. The van der Waals surface area contributed by atoms with Crippen molar-refractivity contribution in [1.82, 2.24) is 4.57 Å². The number of nitrogen functional groups attached to an aromatic ring is 1. The van der Waals surface area contributed by atoms with Crippen LogP contribution in [-0.4, -0.2) is 10.5 Å². The normalized spacial score (nSPS) is 10.5. The Balaban J connectivity index is 1.76. The van der Waals surface area contributed by atoms with Crippen LogP contribution in [0.2, 0.25) is 0 Å². The molecule has 6 heteroatoms. The fourth-order valence-corrected chi connectivity index (χ4v) is 3.66. The first kappa shape index (κ1) is 16.4. The molecule has 2 aromatic carbocycles. The van der Waals surface area contributed by atoms with E-state index in [-0.39, 0.29) is 5.91 Å². The second kappa shape index (κ2) is 7.42. The van der Waals surface area contributed by atoms with Gasteiger partial charge in [0.2, 0.25) is 0 Å². The smallest absolute Gasteiger partial charge is 0.269 e. The van der Waals surface area contributed by atoms with Crippen LogP contribution >= 0.6 is 23.6 Å². The molecule has 4 nitrogen and oxygen atoms in total. The molecule has 0 aliphatic carbocycles. The summed E-state index contributed by atoms with van der Waals surface area (Å²) in [5, 5.41) is 2.85. The minimum Gasteiger partial charge on any atom is -0.384 e. The number of hydrogen-bond donors (Lipinski definition) is 2. The van der Waals surface area contributed by atoms with Crippen LogP contribution in [0.5, 0.6) is 0 Å². The van der Waals surface area contributed by atoms with E-state index in [9.17, 15) is 4.79 Å². The molecule has 24 heavy (non-hydrogen) atoms. The second-order valence-electron chi connectivity index (χ2n) is 5.29. The van der Waals surface area contributed by atoms with E-state index in [4.69, 9.17) is 18.0 Å². The predicted octanol–water partition coefficient (Wildman–Crippen LogP) is 4.36. The van der Waals surface area contributed by atoms with Gasteiger partial charge in [-0.3, -0.25) is 4.79 Å². The van der Waals surface area contributed by atoms with Crippen LogP contribution in [0.4, 0.5) is 11.5 Å². The van der Waals surface area contributed by atoms with Gasteiger partial charge >= 0.3 is 0 Å². The predicted molar refractivity (Wildman–Crippen MR) is 102 cm³/mol. The average Bonchev–Trinajstić information content (AvgIpc) is 2.89. The number of benzene rings is 2. The van der Waals surface area contributed by atoms with Gasteiger partial charge in [-0.05, 0) is 36.3 Å². The molecule has 1 heterocycles. The van der Waals surface area contributed by atoms with Crippen molar-refractivity contribution in [2.24, 2.45) is 0 Å². The highest BCUT2D eigenvalue weighted by atomic mass is 32.1. The summed E-state index contributed by atoms with van der Waals surface area (Å²) in [6.45, 7) is 0.657. The van der Waals surface area contributed by atoms with Crippen molar-refractivity contribution >= 4 is 41.0 Å². The van der Waals surface area contributed by atoms with Gasteiger partial charge in [-0.15, -0.1) is 0 Å². The average molecular weight is 355 g/mol. The third-order valence-electron chi connectivity index (χ3n) is 3.64. The Hall–Kier alpha value is -2.44.